The third-order valence-corrected chi connectivity index (χ3v) is 5.43. The minimum absolute atomic E-state index is 0.298. The van der Waals surface area contributed by atoms with Gasteiger partial charge in [0.15, 0.2) is 23.0 Å². The Kier molecular flexibility index (Phi) is 10.3. The van der Waals surface area contributed by atoms with Gasteiger partial charge in [-0.05, 0) is 66.9 Å². The molecule has 0 aliphatic heterocycles. The summed E-state index contributed by atoms with van der Waals surface area (Å²) in [6.45, 7) is 5.16. The topological polar surface area (TPSA) is 78.4 Å². The van der Waals surface area contributed by atoms with Crippen LogP contribution in [0, 0.1) is 0 Å². The van der Waals surface area contributed by atoms with E-state index in [1.165, 1.54) is 13.3 Å². The normalized spacial score (nSPS) is 10.8. The quantitative estimate of drug-likeness (QED) is 0.212. The van der Waals surface area contributed by atoms with Gasteiger partial charge in [-0.2, -0.15) is 5.10 Å². The van der Waals surface area contributed by atoms with Crippen molar-refractivity contribution >= 4 is 35.3 Å². The smallest absolute Gasteiger partial charge is 0.271 e. The molecule has 3 aromatic rings. The Morgan fingerprint density at radius 2 is 1.72 bits per heavy atom. The molecule has 0 heterocycles. The fourth-order valence-electron chi connectivity index (χ4n) is 3.17. The van der Waals surface area contributed by atoms with Crippen LogP contribution in [0.5, 0.6) is 23.0 Å². The highest BCUT2D eigenvalue weighted by molar-refractivity contribution is 6.32. The zero-order valence-corrected chi connectivity index (χ0v) is 21.9. The summed E-state index contributed by atoms with van der Waals surface area (Å²) in [5.74, 6) is 1.55. The van der Waals surface area contributed by atoms with Crippen molar-refractivity contribution in [2.45, 2.75) is 26.9 Å². The van der Waals surface area contributed by atoms with Crippen LogP contribution in [-0.2, 0) is 6.61 Å². The van der Waals surface area contributed by atoms with Crippen LogP contribution in [0.2, 0.25) is 10.0 Å². The van der Waals surface area contributed by atoms with Gasteiger partial charge in [-0.15, -0.1) is 0 Å². The molecule has 0 unspecified atom stereocenters. The van der Waals surface area contributed by atoms with Crippen molar-refractivity contribution in [3.05, 3.63) is 81.3 Å². The standard InChI is InChI=1S/C27H28Cl2N2O5/c1-4-12-35-23-11-8-20(15-24(23)33-3)27(32)31-30-16-19-13-22(29)26(25(14-19)34-5-2)36-17-18-6-9-21(28)10-7-18/h6-11,13-16H,4-5,12,17H2,1-3H3,(H,31,32)/b30-16+. The number of halogens is 2. The van der Waals surface area contributed by atoms with Gasteiger partial charge in [-0.1, -0.05) is 42.3 Å². The van der Waals surface area contributed by atoms with Gasteiger partial charge >= 0.3 is 0 Å². The van der Waals surface area contributed by atoms with Gasteiger partial charge in [0.25, 0.3) is 5.91 Å². The Morgan fingerprint density at radius 3 is 2.42 bits per heavy atom. The Balaban J connectivity index is 1.69. The average molecular weight is 531 g/mol. The number of ether oxygens (including phenoxy) is 4. The Labute approximate surface area is 220 Å². The van der Waals surface area contributed by atoms with E-state index in [-0.39, 0.29) is 0 Å². The molecule has 0 fully saturated rings. The number of carbonyl (C=O) groups is 1. The van der Waals surface area contributed by atoms with Crippen LogP contribution in [0.3, 0.4) is 0 Å². The Morgan fingerprint density at radius 1 is 0.944 bits per heavy atom. The molecule has 9 heteroatoms. The van der Waals surface area contributed by atoms with Gasteiger partial charge in [0.2, 0.25) is 0 Å². The summed E-state index contributed by atoms with van der Waals surface area (Å²) in [7, 11) is 1.52. The highest BCUT2D eigenvalue weighted by atomic mass is 35.5. The molecule has 0 aliphatic rings. The summed E-state index contributed by atoms with van der Waals surface area (Å²) in [5.41, 5.74) is 4.45. The first kappa shape index (κ1) is 27.2. The predicted octanol–water partition coefficient (Wildman–Crippen LogP) is 6.53. The molecule has 1 N–H and O–H groups in total. The number of methoxy groups -OCH3 is 1. The number of amides is 1. The molecule has 0 saturated heterocycles. The van der Waals surface area contributed by atoms with Gasteiger partial charge in [0.1, 0.15) is 6.61 Å². The molecule has 0 atom stereocenters. The van der Waals surface area contributed by atoms with Crippen molar-refractivity contribution in [2.24, 2.45) is 5.10 Å². The first-order valence-electron chi connectivity index (χ1n) is 11.4. The summed E-state index contributed by atoms with van der Waals surface area (Å²) >= 11 is 12.4. The van der Waals surface area contributed by atoms with E-state index in [1.807, 2.05) is 26.0 Å². The van der Waals surface area contributed by atoms with Crippen molar-refractivity contribution in [3.63, 3.8) is 0 Å². The van der Waals surface area contributed by atoms with Crippen LogP contribution in [0.15, 0.2) is 59.7 Å². The summed E-state index contributed by atoms with van der Waals surface area (Å²) in [6.07, 6.45) is 2.34. The minimum Gasteiger partial charge on any atom is -0.493 e. The van der Waals surface area contributed by atoms with E-state index in [9.17, 15) is 4.79 Å². The second-order valence-electron chi connectivity index (χ2n) is 7.59. The molecule has 0 aromatic heterocycles. The summed E-state index contributed by atoms with van der Waals surface area (Å²) in [6, 6.07) is 15.7. The second-order valence-corrected chi connectivity index (χ2v) is 8.44. The van der Waals surface area contributed by atoms with E-state index < -0.39 is 5.91 Å². The van der Waals surface area contributed by atoms with Crippen molar-refractivity contribution in [1.29, 1.82) is 0 Å². The summed E-state index contributed by atoms with van der Waals surface area (Å²) in [5, 5.41) is 5.06. The maximum absolute atomic E-state index is 12.6. The first-order valence-corrected chi connectivity index (χ1v) is 12.2. The van der Waals surface area contributed by atoms with Crippen LogP contribution in [0.4, 0.5) is 0 Å². The van der Waals surface area contributed by atoms with Gasteiger partial charge in [0.05, 0.1) is 31.6 Å². The number of rotatable bonds is 12. The minimum atomic E-state index is -0.398. The van der Waals surface area contributed by atoms with E-state index in [4.69, 9.17) is 42.1 Å². The van der Waals surface area contributed by atoms with E-state index in [2.05, 4.69) is 10.5 Å². The van der Waals surface area contributed by atoms with Crippen molar-refractivity contribution in [1.82, 2.24) is 5.43 Å². The Hall–Kier alpha value is -3.42. The fourth-order valence-corrected chi connectivity index (χ4v) is 3.57. The zero-order chi connectivity index (χ0) is 25.9. The highest BCUT2D eigenvalue weighted by Gasteiger charge is 2.14. The number of hydrogen-bond acceptors (Lipinski definition) is 6. The molecule has 0 spiro atoms. The predicted molar refractivity (Wildman–Crippen MR) is 142 cm³/mol. The monoisotopic (exact) mass is 530 g/mol. The first-order chi connectivity index (χ1) is 17.4. The van der Waals surface area contributed by atoms with Gasteiger partial charge < -0.3 is 18.9 Å². The number of nitrogens with zero attached hydrogens (tertiary/aromatic N) is 1. The molecule has 0 bridgehead atoms. The van der Waals surface area contributed by atoms with Crippen LogP contribution in [0.25, 0.3) is 0 Å². The summed E-state index contributed by atoms with van der Waals surface area (Å²) in [4.78, 5) is 12.6. The van der Waals surface area contributed by atoms with Crippen LogP contribution in [-0.4, -0.2) is 32.4 Å². The lowest BCUT2D eigenvalue weighted by Crippen LogP contribution is -2.17. The molecule has 1 amide bonds. The van der Waals surface area contributed by atoms with Crippen molar-refractivity contribution < 1.29 is 23.7 Å². The van der Waals surface area contributed by atoms with Crippen molar-refractivity contribution in [2.75, 3.05) is 20.3 Å². The molecule has 190 valence electrons. The van der Waals surface area contributed by atoms with Gasteiger partial charge in [-0.3, -0.25) is 4.79 Å². The number of nitrogens with one attached hydrogen (secondary N) is 1. The highest BCUT2D eigenvalue weighted by Crippen LogP contribution is 2.37. The molecule has 3 rings (SSSR count). The van der Waals surface area contributed by atoms with E-state index in [0.717, 1.165) is 12.0 Å². The number of hydrazone groups is 1. The third kappa shape index (κ3) is 7.54. The van der Waals surface area contributed by atoms with Crippen LogP contribution < -0.4 is 24.4 Å². The number of hydrogen-bond donors (Lipinski definition) is 1. The van der Waals surface area contributed by atoms with E-state index >= 15 is 0 Å². The maximum atomic E-state index is 12.6. The van der Waals surface area contributed by atoms with Gasteiger partial charge in [0, 0.05) is 10.6 Å². The average Bonchev–Trinajstić information content (AvgIpc) is 2.88. The molecule has 0 radical (unpaired) electrons. The van der Waals surface area contributed by atoms with Crippen LogP contribution in [0.1, 0.15) is 41.8 Å². The molecule has 0 saturated carbocycles. The molecular weight excluding hydrogens is 503 g/mol. The molecular formula is C27H28Cl2N2O5. The molecule has 36 heavy (non-hydrogen) atoms. The third-order valence-electron chi connectivity index (χ3n) is 4.90. The number of carbonyl (C=O) groups excluding carboxylic acids is 1. The Bertz CT molecular complexity index is 1200. The molecule has 3 aromatic carbocycles. The molecule has 7 nitrogen and oxygen atoms in total. The SMILES string of the molecule is CCCOc1ccc(C(=O)N/N=C/c2cc(Cl)c(OCc3ccc(Cl)cc3)c(OCC)c2)cc1OC. The lowest BCUT2D eigenvalue weighted by Gasteiger charge is -2.14. The van der Waals surface area contributed by atoms with Gasteiger partial charge in [-0.25, -0.2) is 5.43 Å². The number of benzene rings is 3. The summed E-state index contributed by atoms with van der Waals surface area (Å²) < 4.78 is 22.6. The maximum Gasteiger partial charge on any atom is 0.271 e. The fraction of sp³-hybridized carbons (Fsp3) is 0.259. The molecule has 0 aliphatic carbocycles. The lowest BCUT2D eigenvalue weighted by atomic mass is 10.2. The zero-order valence-electron chi connectivity index (χ0n) is 20.3. The largest absolute Gasteiger partial charge is 0.493 e. The lowest BCUT2D eigenvalue weighted by molar-refractivity contribution is 0.0954. The van der Waals surface area contributed by atoms with E-state index in [0.29, 0.717) is 64.0 Å². The second kappa shape index (κ2) is 13.6. The van der Waals surface area contributed by atoms with Crippen LogP contribution >= 0.6 is 23.2 Å². The van der Waals surface area contributed by atoms with Crippen molar-refractivity contribution in [3.8, 4) is 23.0 Å². The van der Waals surface area contributed by atoms with E-state index in [1.54, 1.807) is 42.5 Å².